The van der Waals surface area contributed by atoms with Crippen molar-refractivity contribution >= 4 is 51.3 Å². The molecule has 2 aliphatic heterocycles. The van der Waals surface area contributed by atoms with Gasteiger partial charge in [0.2, 0.25) is 12.3 Å². The van der Waals surface area contributed by atoms with Gasteiger partial charge in [-0.1, -0.05) is 36.1 Å². The summed E-state index contributed by atoms with van der Waals surface area (Å²) in [4.78, 5) is 26.5. The Morgan fingerprint density at radius 2 is 2.29 bits per heavy atom. The molecule has 1 aromatic carbocycles. The van der Waals surface area contributed by atoms with Gasteiger partial charge in [-0.25, -0.2) is 4.79 Å². The summed E-state index contributed by atoms with van der Waals surface area (Å²) in [6, 6.07) is 5.67. The second kappa shape index (κ2) is 9.97. The lowest BCUT2D eigenvalue weighted by Crippen LogP contribution is -2.44. The Morgan fingerprint density at radius 3 is 3.03 bits per heavy atom. The maximum absolute atomic E-state index is 13.3. The van der Waals surface area contributed by atoms with Crippen LogP contribution in [0.2, 0.25) is 0 Å². The summed E-state index contributed by atoms with van der Waals surface area (Å²) >= 11 is 4.98. The minimum Gasteiger partial charge on any atom is -0.496 e. The first-order valence-electron chi connectivity index (χ1n) is 10.2. The average Bonchev–Trinajstić information content (AvgIpc) is 3.29. The Hall–Kier alpha value is -2.16. The van der Waals surface area contributed by atoms with Gasteiger partial charge >= 0.3 is 5.91 Å². The Balaban J connectivity index is 1.55. The molecule has 1 aromatic rings. The van der Waals surface area contributed by atoms with Crippen LogP contribution >= 0.6 is 27.7 Å². The highest BCUT2D eigenvalue weighted by atomic mass is 79.9. The maximum atomic E-state index is 13.3. The Bertz CT molecular complexity index is 1010. The van der Waals surface area contributed by atoms with Crippen LogP contribution < -0.4 is 10.1 Å². The van der Waals surface area contributed by atoms with Crippen LogP contribution in [-0.2, 0) is 14.3 Å². The number of halogens is 1. The van der Waals surface area contributed by atoms with Crippen molar-refractivity contribution in [1.82, 2.24) is 5.32 Å². The van der Waals surface area contributed by atoms with Crippen LogP contribution in [0.4, 0.5) is 0 Å². The molecule has 3 aliphatic rings. The number of hydrogen-bond donors (Lipinski definition) is 1. The molecule has 2 amide bonds. The number of allylic oxidation sites excluding steroid dienone is 3. The van der Waals surface area contributed by atoms with Gasteiger partial charge < -0.3 is 14.8 Å². The zero-order chi connectivity index (χ0) is 21.8. The lowest BCUT2D eigenvalue weighted by Gasteiger charge is -2.21. The number of methoxy groups -OCH3 is 1. The van der Waals surface area contributed by atoms with Crippen molar-refractivity contribution in [2.75, 3.05) is 26.8 Å². The van der Waals surface area contributed by atoms with E-state index in [1.165, 1.54) is 11.8 Å². The maximum Gasteiger partial charge on any atom is 0.426 e. The predicted molar refractivity (Wildman–Crippen MR) is 125 cm³/mol. The van der Waals surface area contributed by atoms with Gasteiger partial charge in [-0.05, 0) is 52.5 Å². The van der Waals surface area contributed by atoms with Crippen LogP contribution in [0, 0.1) is 0 Å². The summed E-state index contributed by atoms with van der Waals surface area (Å²) in [6.07, 6.45) is 11.7. The van der Waals surface area contributed by atoms with E-state index in [1.807, 2.05) is 48.6 Å². The molecule has 8 heteroatoms. The fraction of sp³-hybridized carbons (Fsp3) is 0.348. The van der Waals surface area contributed by atoms with Crippen LogP contribution in [0.15, 0.2) is 51.9 Å². The van der Waals surface area contributed by atoms with Crippen LogP contribution in [-0.4, -0.2) is 60.3 Å². The van der Waals surface area contributed by atoms with E-state index in [0.29, 0.717) is 11.4 Å². The molecule has 1 fully saturated rings. The quantitative estimate of drug-likeness (QED) is 0.476. The SMILES string of the molecule is COc1ccc(/C=C2\SC3C=CC=CC3=[N+](CC(=O)NCC3CCCO3)C2=O)cc1Br. The summed E-state index contributed by atoms with van der Waals surface area (Å²) in [5.41, 5.74) is 1.71. The highest BCUT2D eigenvalue weighted by Crippen LogP contribution is 2.34. The normalized spacial score (nSPS) is 23.9. The first-order valence-corrected chi connectivity index (χ1v) is 11.9. The number of carbonyl (C=O) groups excluding carboxylic acids is 2. The van der Waals surface area contributed by atoms with Crippen molar-refractivity contribution in [3.8, 4) is 5.75 Å². The zero-order valence-electron chi connectivity index (χ0n) is 17.2. The third-order valence-corrected chi connectivity index (χ3v) is 7.12. The largest absolute Gasteiger partial charge is 0.496 e. The minimum absolute atomic E-state index is 0.0124. The van der Waals surface area contributed by atoms with Crippen LogP contribution in [0.1, 0.15) is 18.4 Å². The van der Waals surface area contributed by atoms with Crippen molar-refractivity contribution in [2.24, 2.45) is 0 Å². The molecule has 0 radical (unpaired) electrons. The first kappa shape index (κ1) is 22.0. The Labute approximate surface area is 194 Å². The van der Waals surface area contributed by atoms with Gasteiger partial charge in [0.1, 0.15) is 15.9 Å². The second-order valence-corrected chi connectivity index (χ2v) is 9.48. The van der Waals surface area contributed by atoms with Crippen molar-refractivity contribution in [2.45, 2.75) is 24.2 Å². The number of amides is 2. The van der Waals surface area contributed by atoms with E-state index in [-0.39, 0.29) is 29.7 Å². The van der Waals surface area contributed by atoms with Crippen LogP contribution in [0.25, 0.3) is 6.08 Å². The number of nitrogens with one attached hydrogen (secondary N) is 1. The molecule has 2 atom stereocenters. The average molecular weight is 504 g/mol. The third kappa shape index (κ3) is 5.19. The number of ether oxygens (including phenoxy) is 2. The smallest absolute Gasteiger partial charge is 0.426 e. The van der Waals surface area contributed by atoms with Gasteiger partial charge in [-0.15, -0.1) is 4.58 Å². The van der Waals surface area contributed by atoms with Gasteiger partial charge in [0.05, 0.1) is 17.7 Å². The molecule has 2 heterocycles. The number of rotatable bonds is 6. The van der Waals surface area contributed by atoms with E-state index in [2.05, 4.69) is 21.2 Å². The topological polar surface area (TPSA) is 67.6 Å². The predicted octanol–water partition coefficient (Wildman–Crippen LogP) is 3.32. The second-order valence-electron chi connectivity index (χ2n) is 7.44. The van der Waals surface area contributed by atoms with Gasteiger partial charge in [0.15, 0.2) is 0 Å². The first-order chi connectivity index (χ1) is 15.0. The van der Waals surface area contributed by atoms with Crippen molar-refractivity contribution in [3.63, 3.8) is 0 Å². The summed E-state index contributed by atoms with van der Waals surface area (Å²) in [6.45, 7) is 1.21. The fourth-order valence-corrected chi connectivity index (χ4v) is 5.45. The minimum atomic E-state index is -0.184. The summed E-state index contributed by atoms with van der Waals surface area (Å²) in [5.74, 6) is 0.372. The summed E-state index contributed by atoms with van der Waals surface area (Å²) in [5, 5.41) is 2.90. The molecule has 0 spiro atoms. The molecule has 31 heavy (non-hydrogen) atoms. The van der Waals surface area contributed by atoms with Gasteiger partial charge in [-0.3, -0.25) is 4.79 Å². The van der Waals surface area contributed by atoms with E-state index in [9.17, 15) is 9.59 Å². The van der Waals surface area contributed by atoms with E-state index in [0.717, 1.165) is 40.9 Å². The van der Waals surface area contributed by atoms with Crippen molar-refractivity contribution in [1.29, 1.82) is 0 Å². The molecule has 2 unspecified atom stereocenters. The van der Waals surface area contributed by atoms with Crippen LogP contribution in [0.3, 0.4) is 0 Å². The summed E-state index contributed by atoms with van der Waals surface area (Å²) in [7, 11) is 1.61. The molecule has 0 aromatic heterocycles. The molecule has 0 saturated carbocycles. The molecular formula is C23H24BrN2O4S+. The molecule has 0 bridgehead atoms. The lowest BCUT2D eigenvalue weighted by molar-refractivity contribution is -0.434. The van der Waals surface area contributed by atoms with Gasteiger partial charge in [-0.2, -0.15) is 0 Å². The van der Waals surface area contributed by atoms with E-state index < -0.39 is 0 Å². The molecule has 1 N–H and O–H groups in total. The molecule has 162 valence electrons. The number of carbonyl (C=O) groups is 2. The number of benzene rings is 1. The lowest BCUT2D eigenvalue weighted by atomic mass is 10.1. The highest BCUT2D eigenvalue weighted by molar-refractivity contribution is 9.10. The van der Waals surface area contributed by atoms with Crippen molar-refractivity contribution in [3.05, 3.63) is 57.4 Å². The Morgan fingerprint density at radius 1 is 1.42 bits per heavy atom. The number of fused-ring (bicyclic) bond motifs is 1. The number of nitrogens with zero attached hydrogens (tertiary/aromatic N) is 1. The third-order valence-electron chi connectivity index (χ3n) is 5.30. The molecule has 4 rings (SSSR count). The number of thioether (sulfide) groups is 1. The van der Waals surface area contributed by atoms with Crippen molar-refractivity contribution < 1.29 is 23.6 Å². The highest BCUT2D eigenvalue weighted by Gasteiger charge is 2.39. The Kier molecular flexibility index (Phi) is 7.09. The van der Waals surface area contributed by atoms with E-state index in [1.54, 1.807) is 11.7 Å². The van der Waals surface area contributed by atoms with Gasteiger partial charge in [0, 0.05) is 19.2 Å². The molecule has 6 nitrogen and oxygen atoms in total. The molecule has 1 aliphatic carbocycles. The molecule has 1 saturated heterocycles. The van der Waals surface area contributed by atoms with Gasteiger partial charge in [0.25, 0.3) is 5.91 Å². The van der Waals surface area contributed by atoms with E-state index in [4.69, 9.17) is 9.47 Å². The fourth-order valence-electron chi connectivity index (χ4n) is 3.71. The molecular weight excluding hydrogens is 480 g/mol. The monoisotopic (exact) mass is 503 g/mol. The zero-order valence-corrected chi connectivity index (χ0v) is 19.6. The van der Waals surface area contributed by atoms with Crippen LogP contribution in [0.5, 0.6) is 5.75 Å². The summed E-state index contributed by atoms with van der Waals surface area (Å²) < 4.78 is 13.2. The number of hydrogen-bond acceptors (Lipinski definition) is 5. The standard InChI is InChI=1S/C23H23BrN2O4S/c1-29-19-9-8-15(11-17(19)24)12-21-23(28)26(18-6-2-3-7-20(18)31-21)14-22(27)25-13-16-5-4-10-30-16/h2-3,6-9,11-12,16,20H,4-5,10,13-14H2,1H3/p+1/b21-12-. The van der Waals surface area contributed by atoms with E-state index >= 15 is 0 Å².